The van der Waals surface area contributed by atoms with Crippen molar-refractivity contribution in [2.75, 3.05) is 13.2 Å². The largest absolute Gasteiger partial charge is 0.465 e. The van der Waals surface area contributed by atoms with E-state index in [-0.39, 0.29) is 29.7 Å². The van der Waals surface area contributed by atoms with E-state index in [4.69, 9.17) is 4.74 Å². The highest BCUT2D eigenvalue weighted by molar-refractivity contribution is 7.89. The number of benzene rings is 3. The van der Waals surface area contributed by atoms with E-state index >= 15 is 0 Å². The van der Waals surface area contributed by atoms with Gasteiger partial charge in [-0.05, 0) is 61.9 Å². The summed E-state index contributed by atoms with van der Waals surface area (Å²) in [6.45, 7) is 4.43. The quantitative estimate of drug-likeness (QED) is 0.290. The van der Waals surface area contributed by atoms with Crippen molar-refractivity contribution >= 4 is 54.2 Å². The number of aromatic nitrogens is 1. The maximum Gasteiger partial charge on any atom is 0.326 e. The van der Waals surface area contributed by atoms with E-state index in [0.717, 1.165) is 46.7 Å². The number of nitrogens with zero attached hydrogens (tertiary/aromatic N) is 3. The van der Waals surface area contributed by atoms with E-state index in [2.05, 4.69) is 4.99 Å². The molecule has 1 amide bonds. The molecule has 5 rings (SSSR count). The molecular formula is C29H31N3O5S2. The molecule has 1 aromatic heterocycles. The molecule has 1 aliphatic heterocycles. The molecule has 1 unspecified atom stereocenters. The van der Waals surface area contributed by atoms with E-state index in [1.54, 1.807) is 15.8 Å². The first-order valence-corrected chi connectivity index (χ1v) is 15.5. The molecule has 10 heteroatoms. The lowest BCUT2D eigenvalue weighted by Gasteiger charge is -2.34. The Hall–Kier alpha value is -3.34. The van der Waals surface area contributed by atoms with Gasteiger partial charge >= 0.3 is 5.97 Å². The lowest BCUT2D eigenvalue weighted by molar-refractivity contribution is -0.143. The van der Waals surface area contributed by atoms with Gasteiger partial charge in [-0.1, -0.05) is 55.0 Å². The molecule has 204 valence electrons. The number of carbonyl (C=O) groups is 2. The number of carbonyl (C=O) groups excluding carboxylic acids is 2. The van der Waals surface area contributed by atoms with Crippen molar-refractivity contribution in [2.45, 2.75) is 57.0 Å². The lowest BCUT2D eigenvalue weighted by Crippen LogP contribution is -2.43. The van der Waals surface area contributed by atoms with E-state index in [0.29, 0.717) is 11.3 Å². The average molecular weight is 566 g/mol. The normalized spacial score (nSPS) is 17.1. The predicted octanol–water partition coefficient (Wildman–Crippen LogP) is 5.11. The summed E-state index contributed by atoms with van der Waals surface area (Å²) in [5, 5.41) is 2.05. The van der Waals surface area contributed by atoms with Gasteiger partial charge in [-0.25, -0.2) is 8.42 Å². The Balaban J connectivity index is 1.51. The number of esters is 1. The Morgan fingerprint density at radius 1 is 1.03 bits per heavy atom. The minimum Gasteiger partial charge on any atom is -0.465 e. The Morgan fingerprint density at radius 3 is 2.54 bits per heavy atom. The second-order valence-electron chi connectivity index (χ2n) is 9.53. The van der Waals surface area contributed by atoms with Crippen LogP contribution in [0.25, 0.3) is 21.0 Å². The molecule has 39 heavy (non-hydrogen) atoms. The molecule has 1 aliphatic rings. The molecular weight excluding hydrogens is 534 g/mol. The highest BCUT2D eigenvalue weighted by Crippen LogP contribution is 2.29. The minimum atomic E-state index is -3.65. The first-order valence-electron chi connectivity index (χ1n) is 13.2. The summed E-state index contributed by atoms with van der Waals surface area (Å²) >= 11 is 1.33. The fourth-order valence-corrected chi connectivity index (χ4v) is 8.06. The SMILES string of the molecule is CCOC(=O)Cn1c(=NC(=O)c2ccc(S(=O)(=O)N3CCCCC3CC)cc2)sc2c3ccccc3ccc21. The van der Waals surface area contributed by atoms with Gasteiger partial charge in [0, 0.05) is 23.5 Å². The Kier molecular flexibility index (Phi) is 7.97. The van der Waals surface area contributed by atoms with Crippen molar-refractivity contribution < 1.29 is 22.7 Å². The smallest absolute Gasteiger partial charge is 0.326 e. The third kappa shape index (κ3) is 5.41. The van der Waals surface area contributed by atoms with Gasteiger partial charge in [-0.15, -0.1) is 0 Å². The summed E-state index contributed by atoms with van der Waals surface area (Å²) in [5.41, 5.74) is 1.05. The minimum absolute atomic E-state index is 0.000977. The monoisotopic (exact) mass is 565 g/mol. The van der Waals surface area contributed by atoms with Crippen LogP contribution in [0.2, 0.25) is 0 Å². The fraction of sp³-hybridized carbons (Fsp3) is 0.345. The van der Waals surface area contributed by atoms with Crippen LogP contribution in [0.15, 0.2) is 70.6 Å². The van der Waals surface area contributed by atoms with Crippen LogP contribution in [0.3, 0.4) is 0 Å². The summed E-state index contributed by atoms with van der Waals surface area (Å²) in [4.78, 5) is 30.5. The first kappa shape index (κ1) is 27.2. The zero-order valence-corrected chi connectivity index (χ0v) is 23.6. The van der Waals surface area contributed by atoms with Crippen molar-refractivity contribution in [1.29, 1.82) is 0 Å². The molecule has 1 atom stereocenters. The number of ether oxygens (including phenoxy) is 1. The van der Waals surface area contributed by atoms with Crippen LogP contribution in [0.5, 0.6) is 0 Å². The molecule has 2 heterocycles. The van der Waals surface area contributed by atoms with Crippen molar-refractivity contribution in [3.8, 4) is 0 Å². The highest BCUT2D eigenvalue weighted by Gasteiger charge is 2.32. The Labute approximate surface area is 231 Å². The summed E-state index contributed by atoms with van der Waals surface area (Å²) in [6, 6.07) is 17.8. The standard InChI is InChI=1S/C29H31N3O5S2/c1-3-22-10-7-8-18-32(22)39(35,36)23-15-12-21(13-16-23)28(34)30-29-31(19-26(33)37-4-2)25-17-14-20-9-5-6-11-24(20)27(25)38-29/h5-6,9,11-17,22H,3-4,7-8,10,18-19H2,1-2H3. The number of hydrogen-bond donors (Lipinski definition) is 0. The van der Waals surface area contributed by atoms with Crippen LogP contribution >= 0.6 is 11.3 Å². The van der Waals surface area contributed by atoms with Crippen molar-refractivity contribution in [3.05, 3.63) is 71.0 Å². The molecule has 8 nitrogen and oxygen atoms in total. The fourth-order valence-electron chi connectivity index (χ4n) is 5.13. The van der Waals surface area contributed by atoms with Gasteiger partial charge in [0.15, 0.2) is 4.80 Å². The number of hydrogen-bond acceptors (Lipinski definition) is 6. The van der Waals surface area contributed by atoms with Gasteiger partial charge in [0.1, 0.15) is 6.54 Å². The molecule has 0 bridgehead atoms. The van der Waals surface area contributed by atoms with Crippen LogP contribution in [-0.2, 0) is 26.1 Å². The number of piperidine rings is 1. The second-order valence-corrected chi connectivity index (χ2v) is 12.4. The molecule has 0 radical (unpaired) electrons. The third-order valence-electron chi connectivity index (χ3n) is 7.12. The lowest BCUT2D eigenvalue weighted by atomic mass is 10.0. The van der Waals surface area contributed by atoms with E-state index in [1.807, 2.05) is 43.3 Å². The number of fused-ring (bicyclic) bond motifs is 3. The molecule has 0 saturated carbocycles. The summed E-state index contributed by atoms with van der Waals surface area (Å²) in [5.74, 6) is -0.936. The van der Waals surface area contributed by atoms with E-state index in [9.17, 15) is 18.0 Å². The summed E-state index contributed by atoms with van der Waals surface area (Å²) in [7, 11) is -3.65. The number of thiazole rings is 1. The van der Waals surface area contributed by atoms with Crippen LogP contribution in [0.4, 0.5) is 0 Å². The zero-order valence-electron chi connectivity index (χ0n) is 22.0. The molecule has 1 saturated heterocycles. The Morgan fingerprint density at radius 2 is 1.79 bits per heavy atom. The molecule has 3 aromatic carbocycles. The van der Waals surface area contributed by atoms with Crippen LogP contribution < -0.4 is 4.80 Å². The maximum absolute atomic E-state index is 13.3. The number of amides is 1. The molecule has 1 fully saturated rings. The van der Waals surface area contributed by atoms with Crippen LogP contribution in [0.1, 0.15) is 49.9 Å². The van der Waals surface area contributed by atoms with Gasteiger partial charge in [0.2, 0.25) is 10.0 Å². The van der Waals surface area contributed by atoms with Crippen molar-refractivity contribution in [1.82, 2.24) is 8.87 Å². The highest BCUT2D eigenvalue weighted by atomic mass is 32.2. The maximum atomic E-state index is 13.3. The Bertz CT molecular complexity index is 1700. The summed E-state index contributed by atoms with van der Waals surface area (Å²) in [6.07, 6.45) is 3.51. The zero-order chi connectivity index (χ0) is 27.6. The molecule has 0 aliphatic carbocycles. The van der Waals surface area contributed by atoms with E-state index < -0.39 is 21.9 Å². The van der Waals surface area contributed by atoms with Gasteiger partial charge < -0.3 is 9.30 Å². The molecule has 4 aromatic rings. The first-order chi connectivity index (χ1) is 18.8. The average Bonchev–Trinajstić information content (AvgIpc) is 3.30. The van der Waals surface area contributed by atoms with Crippen molar-refractivity contribution in [3.63, 3.8) is 0 Å². The van der Waals surface area contributed by atoms with Gasteiger partial charge in [0.05, 0.1) is 21.7 Å². The summed E-state index contributed by atoms with van der Waals surface area (Å²) < 4.78 is 36.0. The van der Waals surface area contributed by atoms with Crippen molar-refractivity contribution in [2.24, 2.45) is 4.99 Å². The predicted molar refractivity (Wildman–Crippen MR) is 152 cm³/mol. The number of rotatable bonds is 7. The molecule has 0 N–H and O–H groups in total. The number of sulfonamides is 1. The van der Waals surface area contributed by atoms with Crippen LogP contribution in [0, 0.1) is 0 Å². The molecule has 0 spiro atoms. The van der Waals surface area contributed by atoms with E-state index in [1.165, 1.54) is 35.6 Å². The second kappa shape index (κ2) is 11.4. The topological polar surface area (TPSA) is 98.0 Å². The van der Waals surface area contributed by atoms with Crippen LogP contribution in [-0.4, -0.2) is 48.4 Å². The third-order valence-corrected chi connectivity index (χ3v) is 10.2. The van der Waals surface area contributed by atoms with Gasteiger partial charge in [-0.2, -0.15) is 9.30 Å². The van der Waals surface area contributed by atoms with Gasteiger partial charge in [-0.3, -0.25) is 9.59 Å². The van der Waals surface area contributed by atoms with Gasteiger partial charge in [0.25, 0.3) is 5.91 Å².